The van der Waals surface area contributed by atoms with E-state index in [2.05, 4.69) is 5.32 Å². The van der Waals surface area contributed by atoms with Crippen molar-refractivity contribution in [2.24, 2.45) is 0 Å². The van der Waals surface area contributed by atoms with Gasteiger partial charge in [-0.2, -0.15) is 4.31 Å². The number of hydrogen-bond acceptors (Lipinski definition) is 5. The summed E-state index contributed by atoms with van der Waals surface area (Å²) in [5, 5.41) is 2.84. The van der Waals surface area contributed by atoms with Crippen molar-refractivity contribution in [3.05, 3.63) is 95.1 Å². The Kier molecular flexibility index (Phi) is 8.21. The van der Waals surface area contributed by atoms with Crippen LogP contribution in [-0.2, 0) is 34.5 Å². The van der Waals surface area contributed by atoms with Crippen LogP contribution in [0, 0.1) is 0 Å². The van der Waals surface area contributed by atoms with E-state index in [9.17, 15) is 13.2 Å². The highest BCUT2D eigenvalue weighted by Gasteiger charge is 2.26. The number of rotatable bonds is 10. The van der Waals surface area contributed by atoms with Gasteiger partial charge in [0, 0.05) is 32.8 Å². The molecule has 0 radical (unpaired) electrons. The Bertz CT molecular complexity index is 1200. The summed E-state index contributed by atoms with van der Waals surface area (Å²) in [5.41, 5.74) is 3.01. The molecule has 3 aromatic rings. The normalized spacial score (nSPS) is 11.4. The van der Waals surface area contributed by atoms with Crippen LogP contribution in [0.4, 0.5) is 0 Å². The summed E-state index contributed by atoms with van der Waals surface area (Å²) in [5.74, 6) is -0.198. The van der Waals surface area contributed by atoms with E-state index in [4.69, 9.17) is 9.47 Å². The van der Waals surface area contributed by atoms with Crippen molar-refractivity contribution >= 4 is 15.9 Å². The highest BCUT2D eigenvalue weighted by Crippen LogP contribution is 2.28. The van der Waals surface area contributed by atoms with Gasteiger partial charge in [0.2, 0.25) is 10.0 Å². The molecule has 0 fully saturated rings. The molecule has 0 unspecified atom stereocenters. The van der Waals surface area contributed by atoms with Crippen molar-refractivity contribution < 1.29 is 22.7 Å². The van der Waals surface area contributed by atoms with Gasteiger partial charge >= 0.3 is 0 Å². The second-order valence-corrected chi connectivity index (χ2v) is 9.56. The molecule has 0 heterocycles. The summed E-state index contributed by atoms with van der Waals surface area (Å²) < 4.78 is 38.2. The van der Waals surface area contributed by atoms with Crippen LogP contribution in [0.25, 0.3) is 0 Å². The molecule has 1 amide bonds. The van der Waals surface area contributed by atoms with E-state index in [1.807, 2.05) is 54.6 Å². The van der Waals surface area contributed by atoms with E-state index in [1.54, 1.807) is 13.2 Å². The smallest absolute Gasteiger partial charge is 0.251 e. The van der Waals surface area contributed by atoms with Crippen molar-refractivity contribution in [1.29, 1.82) is 0 Å². The van der Waals surface area contributed by atoms with Crippen LogP contribution in [0.1, 0.15) is 27.0 Å². The Hall–Kier alpha value is -3.20. The first-order valence-electron chi connectivity index (χ1n) is 10.4. The fraction of sp³-hybridized carbons (Fsp3) is 0.240. The second kappa shape index (κ2) is 11.1. The summed E-state index contributed by atoms with van der Waals surface area (Å²) in [6.45, 7) is 0.983. The lowest BCUT2D eigenvalue weighted by atomic mass is 10.1. The molecule has 33 heavy (non-hydrogen) atoms. The maximum absolute atomic E-state index is 13.3. The second-order valence-electron chi connectivity index (χ2n) is 7.55. The molecule has 0 atom stereocenters. The minimum Gasteiger partial charge on any atom is -0.495 e. The lowest BCUT2D eigenvalue weighted by Crippen LogP contribution is -2.28. The maximum atomic E-state index is 13.3. The molecular weight excluding hydrogens is 440 g/mol. The topological polar surface area (TPSA) is 84.9 Å². The summed E-state index contributed by atoms with van der Waals surface area (Å²) in [6.07, 6.45) is 0. The largest absolute Gasteiger partial charge is 0.495 e. The SMILES string of the molecule is COCc1cccc(CNC(=O)c2ccc(OC)c(S(=O)(=O)N(C)Cc3ccccc3)c2)c1. The Morgan fingerprint density at radius 3 is 2.30 bits per heavy atom. The third kappa shape index (κ3) is 6.19. The number of nitrogens with one attached hydrogen (secondary N) is 1. The Labute approximate surface area is 195 Å². The van der Waals surface area contributed by atoms with Gasteiger partial charge in [-0.15, -0.1) is 0 Å². The predicted octanol–water partition coefficient (Wildman–Crippen LogP) is 3.59. The van der Waals surface area contributed by atoms with E-state index in [0.717, 1.165) is 16.7 Å². The van der Waals surface area contributed by atoms with Crippen molar-refractivity contribution in [3.8, 4) is 5.75 Å². The molecule has 3 aromatic carbocycles. The fourth-order valence-corrected chi connectivity index (χ4v) is 4.73. The summed E-state index contributed by atoms with van der Waals surface area (Å²) >= 11 is 0. The average molecular weight is 469 g/mol. The summed E-state index contributed by atoms with van der Waals surface area (Å²) in [7, 11) is 0.628. The van der Waals surface area contributed by atoms with Crippen LogP contribution in [0.15, 0.2) is 77.7 Å². The Balaban J connectivity index is 1.79. The van der Waals surface area contributed by atoms with Gasteiger partial charge in [-0.3, -0.25) is 4.79 Å². The maximum Gasteiger partial charge on any atom is 0.251 e. The predicted molar refractivity (Wildman–Crippen MR) is 126 cm³/mol. The number of carbonyl (C=O) groups is 1. The first-order chi connectivity index (χ1) is 15.8. The van der Waals surface area contributed by atoms with Gasteiger partial charge in [-0.25, -0.2) is 8.42 Å². The molecule has 0 bridgehead atoms. The van der Waals surface area contributed by atoms with Gasteiger partial charge in [-0.05, 0) is 34.9 Å². The Morgan fingerprint density at radius 2 is 1.61 bits per heavy atom. The zero-order valence-corrected chi connectivity index (χ0v) is 19.8. The molecule has 0 aliphatic carbocycles. The molecule has 0 spiro atoms. The van der Waals surface area contributed by atoms with Crippen LogP contribution in [0.3, 0.4) is 0 Å². The minimum atomic E-state index is -3.90. The number of carbonyl (C=O) groups excluding carboxylic acids is 1. The molecule has 3 rings (SSSR count). The van der Waals surface area contributed by atoms with Gasteiger partial charge in [-0.1, -0.05) is 54.6 Å². The minimum absolute atomic E-state index is 0.0572. The van der Waals surface area contributed by atoms with E-state index < -0.39 is 10.0 Å². The molecular formula is C25H28N2O5S. The number of nitrogens with zero attached hydrogens (tertiary/aromatic N) is 1. The van der Waals surface area contributed by atoms with E-state index in [0.29, 0.717) is 13.2 Å². The molecule has 1 N–H and O–H groups in total. The van der Waals surface area contributed by atoms with Gasteiger partial charge in [0.1, 0.15) is 10.6 Å². The van der Waals surface area contributed by atoms with Crippen molar-refractivity contribution in [3.63, 3.8) is 0 Å². The highest BCUT2D eigenvalue weighted by molar-refractivity contribution is 7.89. The van der Waals surface area contributed by atoms with Crippen LogP contribution in [0.5, 0.6) is 5.75 Å². The zero-order chi connectivity index (χ0) is 23.8. The molecule has 174 valence electrons. The first kappa shape index (κ1) is 24.4. The first-order valence-corrected chi connectivity index (χ1v) is 11.8. The lowest BCUT2D eigenvalue weighted by molar-refractivity contribution is 0.0950. The molecule has 0 saturated carbocycles. The van der Waals surface area contributed by atoms with Gasteiger partial charge in [0.05, 0.1) is 13.7 Å². The fourth-order valence-electron chi connectivity index (χ4n) is 3.39. The quantitative estimate of drug-likeness (QED) is 0.492. The lowest BCUT2D eigenvalue weighted by Gasteiger charge is -2.19. The zero-order valence-electron chi connectivity index (χ0n) is 18.9. The van der Waals surface area contributed by atoms with E-state index in [-0.39, 0.29) is 28.7 Å². The summed E-state index contributed by atoms with van der Waals surface area (Å²) in [4.78, 5) is 12.7. The number of benzene rings is 3. The number of methoxy groups -OCH3 is 2. The third-order valence-corrected chi connectivity index (χ3v) is 6.94. The van der Waals surface area contributed by atoms with Crippen LogP contribution in [0.2, 0.25) is 0 Å². The van der Waals surface area contributed by atoms with Gasteiger partial charge in [0.25, 0.3) is 5.91 Å². The summed E-state index contributed by atoms with van der Waals surface area (Å²) in [6, 6.07) is 21.4. The van der Waals surface area contributed by atoms with Crippen molar-refractivity contribution in [2.45, 2.75) is 24.6 Å². The highest BCUT2D eigenvalue weighted by atomic mass is 32.2. The number of amides is 1. The van der Waals surface area contributed by atoms with Gasteiger partial charge in [0.15, 0.2) is 0 Å². The molecule has 0 saturated heterocycles. The van der Waals surface area contributed by atoms with Crippen LogP contribution < -0.4 is 10.1 Å². The van der Waals surface area contributed by atoms with Crippen molar-refractivity contribution in [1.82, 2.24) is 9.62 Å². The van der Waals surface area contributed by atoms with Crippen LogP contribution in [-0.4, -0.2) is 39.9 Å². The van der Waals surface area contributed by atoms with E-state index >= 15 is 0 Å². The monoisotopic (exact) mass is 468 g/mol. The standard InChI is InChI=1S/C25H28N2O5S/c1-27(17-19-8-5-4-6-9-19)33(29,30)24-15-22(12-13-23(24)32-3)25(28)26-16-20-10-7-11-21(14-20)18-31-2/h4-15H,16-18H2,1-3H3,(H,26,28). The molecule has 0 aromatic heterocycles. The van der Waals surface area contributed by atoms with Crippen molar-refractivity contribution in [2.75, 3.05) is 21.3 Å². The number of sulfonamides is 1. The molecule has 0 aliphatic rings. The van der Waals surface area contributed by atoms with E-state index in [1.165, 1.54) is 30.6 Å². The third-order valence-electron chi connectivity index (χ3n) is 5.12. The molecule has 8 heteroatoms. The molecule has 0 aliphatic heterocycles. The van der Waals surface area contributed by atoms with Crippen LogP contribution >= 0.6 is 0 Å². The Morgan fingerprint density at radius 1 is 0.909 bits per heavy atom. The number of ether oxygens (including phenoxy) is 2. The van der Waals surface area contributed by atoms with Gasteiger partial charge < -0.3 is 14.8 Å². The number of hydrogen-bond donors (Lipinski definition) is 1. The molecule has 7 nitrogen and oxygen atoms in total. The average Bonchev–Trinajstić information content (AvgIpc) is 2.83.